The predicted molar refractivity (Wildman–Crippen MR) is 141 cm³/mol. The van der Waals surface area contributed by atoms with Crippen LogP contribution in [-0.2, 0) is 13.1 Å². The molecule has 2 aromatic heterocycles. The van der Waals surface area contributed by atoms with Crippen molar-refractivity contribution in [3.63, 3.8) is 0 Å². The highest BCUT2D eigenvalue weighted by atomic mass is 16.5. The van der Waals surface area contributed by atoms with Gasteiger partial charge in [-0.3, -0.25) is 0 Å². The fourth-order valence-corrected chi connectivity index (χ4v) is 5.67. The smallest absolute Gasteiger partial charge is 0.407 e. The van der Waals surface area contributed by atoms with Gasteiger partial charge in [0.2, 0.25) is 0 Å². The Labute approximate surface area is 221 Å². The number of carboxylic acid groups (broad SMARTS) is 1. The number of fused-ring (bicyclic) bond motifs is 1. The molecule has 4 aromatic rings. The van der Waals surface area contributed by atoms with Crippen LogP contribution in [0, 0.1) is 22.7 Å². The number of rotatable bonds is 8. The van der Waals surface area contributed by atoms with Crippen molar-refractivity contribution < 1.29 is 14.6 Å². The molecule has 5 rings (SSSR count). The molecule has 38 heavy (non-hydrogen) atoms. The number of methoxy groups -OCH3 is 1. The van der Waals surface area contributed by atoms with Crippen LogP contribution in [0.5, 0.6) is 5.75 Å². The van der Waals surface area contributed by atoms with Crippen LogP contribution in [0.4, 0.5) is 4.79 Å². The van der Waals surface area contributed by atoms with Gasteiger partial charge >= 0.3 is 6.09 Å². The zero-order valence-electron chi connectivity index (χ0n) is 21.6. The van der Waals surface area contributed by atoms with E-state index in [1.54, 1.807) is 24.1 Å². The van der Waals surface area contributed by atoms with Crippen LogP contribution in [0.2, 0.25) is 0 Å². The summed E-state index contributed by atoms with van der Waals surface area (Å²) in [5.41, 5.74) is 3.68. The topological polar surface area (TPSA) is 122 Å². The first kappa shape index (κ1) is 25.3. The fraction of sp³-hybridized carbons (Fsp3) is 0.393. The summed E-state index contributed by atoms with van der Waals surface area (Å²) in [7, 11) is 1.61. The van der Waals surface area contributed by atoms with Crippen LogP contribution < -0.4 is 4.74 Å². The number of imidazole rings is 1. The molecule has 0 aliphatic heterocycles. The van der Waals surface area contributed by atoms with E-state index in [4.69, 9.17) is 4.74 Å². The van der Waals surface area contributed by atoms with Crippen LogP contribution in [-0.4, -0.2) is 54.3 Å². The van der Waals surface area contributed by atoms with Gasteiger partial charge in [0.25, 0.3) is 0 Å². The standard InChI is InChI=1S/C28H31N7O3/c1-28(10-4-5-21(13-28)15-34-19-30-25-9-8-20(14-29)11-26(25)34)18-33(27(36)37)16-22-17-35(32-31-22)23-6-3-7-24(12-23)38-2/h3,6-9,11-12,17,19,21H,4-5,10,13,15-16,18H2,1-2H3,(H,36,37). The number of hydrogen-bond acceptors (Lipinski definition) is 6. The van der Waals surface area contributed by atoms with E-state index >= 15 is 0 Å². The number of hydrogen-bond donors (Lipinski definition) is 1. The van der Waals surface area contributed by atoms with Gasteiger partial charge in [-0.25, -0.2) is 14.5 Å². The average molecular weight is 514 g/mol. The van der Waals surface area contributed by atoms with Crippen molar-refractivity contribution in [2.75, 3.05) is 13.7 Å². The Bertz CT molecular complexity index is 1490. The summed E-state index contributed by atoms with van der Waals surface area (Å²) < 4.78 is 9.03. The molecule has 0 bridgehead atoms. The molecule has 1 N–H and O–H groups in total. The molecular weight excluding hydrogens is 482 g/mol. The highest BCUT2D eigenvalue weighted by Gasteiger charge is 2.35. The largest absolute Gasteiger partial charge is 0.497 e. The molecule has 0 radical (unpaired) electrons. The van der Waals surface area contributed by atoms with E-state index in [1.807, 2.05) is 42.7 Å². The minimum absolute atomic E-state index is 0.154. The Morgan fingerprint density at radius 1 is 1.32 bits per heavy atom. The molecule has 1 fully saturated rings. The fourth-order valence-electron chi connectivity index (χ4n) is 5.67. The van der Waals surface area contributed by atoms with E-state index in [2.05, 4.69) is 32.9 Å². The monoisotopic (exact) mass is 513 g/mol. The Kier molecular flexibility index (Phi) is 7.01. The lowest BCUT2D eigenvalue weighted by atomic mass is 9.70. The maximum atomic E-state index is 12.2. The molecule has 1 aliphatic carbocycles. The van der Waals surface area contributed by atoms with E-state index in [-0.39, 0.29) is 12.0 Å². The van der Waals surface area contributed by atoms with E-state index in [0.29, 0.717) is 29.5 Å². The second kappa shape index (κ2) is 10.5. The second-order valence-electron chi connectivity index (χ2n) is 10.5. The summed E-state index contributed by atoms with van der Waals surface area (Å²) in [5, 5.41) is 27.7. The van der Waals surface area contributed by atoms with Crippen molar-refractivity contribution in [1.82, 2.24) is 29.4 Å². The minimum atomic E-state index is -0.964. The van der Waals surface area contributed by atoms with Gasteiger partial charge in [-0.2, -0.15) is 5.26 Å². The normalized spacial score (nSPS) is 19.2. The van der Waals surface area contributed by atoms with Crippen molar-refractivity contribution >= 4 is 17.1 Å². The molecule has 1 aliphatic rings. The summed E-state index contributed by atoms with van der Waals surface area (Å²) in [5.74, 6) is 1.10. The molecule has 10 nitrogen and oxygen atoms in total. The maximum Gasteiger partial charge on any atom is 0.407 e. The Balaban J connectivity index is 1.27. The van der Waals surface area contributed by atoms with Gasteiger partial charge in [-0.1, -0.05) is 24.6 Å². The predicted octanol–water partition coefficient (Wildman–Crippen LogP) is 4.87. The highest BCUT2D eigenvalue weighted by Crippen LogP contribution is 2.41. The van der Waals surface area contributed by atoms with Crippen molar-refractivity contribution in [2.45, 2.75) is 45.7 Å². The number of amides is 1. The lowest BCUT2D eigenvalue weighted by Gasteiger charge is -2.41. The van der Waals surface area contributed by atoms with Crippen LogP contribution in [0.1, 0.15) is 43.9 Å². The van der Waals surface area contributed by atoms with Gasteiger partial charge in [0.1, 0.15) is 11.4 Å². The number of nitrogens with zero attached hydrogens (tertiary/aromatic N) is 7. The van der Waals surface area contributed by atoms with E-state index in [9.17, 15) is 15.2 Å². The zero-order chi connectivity index (χ0) is 26.7. The van der Waals surface area contributed by atoms with Gasteiger partial charge in [-0.05, 0) is 60.9 Å². The number of nitriles is 1. The molecule has 2 atom stereocenters. The van der Waals surface area contributed by atoms with Crippen molar-refractivity contribution in [3.05, 3.63) is 66.2 Å². The van der Waals surface area contributed by atoms with Gasteiger partial charge in [0.15, 0.2) is 0 Å². The molecule has 2 unspecified atom stereocenters. The average Bonchev–Trinajstić information content (AvgIpc) is 3.55. The van der Waals surface area contributed by atoms with E-state index in [1.165, 1.54) is 4.90 Å². The number of carbonyl (C=O) groups is 1. The molecule has 2 heterocycles. The lowest BCUT2D eigenvalue weighted by molar-refractivity contribution is 0.0757. The molecule has 1 amide bonds. The maximum absolute atomic E-state index is 12.2. The molecule has 10 heteroatoms. The minimum Gasteiger partial charge on any atom is -0.497 e. The first-order valence-electron chi connectivity index (χ1n) is 12.7. The number of ether oxygens (including phenoxy) is 1. The summed E-state index contributed by atoms with van der Waals surface area (Å²) >= 11 is 0. The molecular formula is C28H31N7O3. The van der Waals surface area contributed by atoms with Gasteiger partial charge in [0, 0.05) is 19.2 Å². The third kappa shape index (κ3) is 5.47. The highest BCUT2D eigenvalue weighted by molar-refractivity contribution is 5.77. The summed E-state index contributed by atoms with van der Waals surface area (Å²) in [6, 6.07) is 15.2. The van der Waals surface area contributed by atoms with Crippen molar-refractivity contribution in [2.24, 2.45) is 11.3 Å². The Morgan fingerprint density at radius 3 is 2.97 bits per heavy atom. The molecule has 0 spiro atoms. The number of aromatic nitrogens is 5. The van der Waals surface area contributed by atoms with Crippen LogP contribution in [0.15, 0.2) is 55.0 Å². The molecule has 196 valence electrons. The van der Waals surface area contributed by atoms with Crippen molar-refractivity contribution in [3.8, 4) is 17.5 Å². The van der Waals surface area contributed by atoms with E-state index in [0.717, 1.165) is 48.9 Å². The third-order valence-corrected chi connectivity index (χ3v) is 7.43. The van der Waals surface area contributed by atoms with Gasteiger partial charge in [-0.15, -0.1) is 5.10 Å². The van der Waals surface area contributed by atoms with Gasteiger partial charge < -0.3 is 19.3 Å². The Morgan fingerprint density at radius 2 is 2.18 bits per heavy atom. The van der Waals surface area contributed by atoms with Crippen molar-refractivity contribution in [1.29, 1.82) is 5.26 Å². The molecule has 0 saturated heterocycles. The summed E-state index contributed by atoms with van der Waals surface area (Å²) in [6.07, 6.45) is 6.63. The number of benzene rings is 2. The summed E-state index contributed by atoms with van der Waals surface area (Å²) in [6.45, 7) is 3.57. The summed E-state index contributed by atoms with van der Waals surface area (Å²) in [4.78, 5) is 18.2. The lowest BCUT2D eigenvalue weighted by Crippen LogP contribution is -2.41. The SMILES string of the molecule is COc1cccc(-n2cc(CN(CC3(C)CCCC(Cn4cnc5ccc(C#N)cc54)C3)C(=O)O)nn2)c1. The van der Waals surface area contributed by atoms with Gasteiger partial charge in [0.05, 0.1) is 54.5 Å². The Hall–Kier alpha value is -4.39. The van der Waals surface area contributed by atoms with Crippen LogP contribution in [0.25, 0.3) is 16.7 Å². The zero-order valence-corrected chi connectivity index (χ0v) is 21.6. The van der Waals surface area contributed by atoms with Crippen LogP contribution >= 0.6 is 0 Å². The third-order valence-electron chi connectivity index (χ3n) is 7.43. The second-order valence-corrected chi connectivity index (χ2v) is 10.5. The molecule has 2 aromatic carbocycles. The first-order chi connectivity index (χ1) is 18.4. The quantitative estimate of drug-likeness (QED) is 0.356. The first-order valence-corrected chi connectivity index (χ1v) is 12.7. The molecule has 1 saturated carbocycles. The van der Waals surface area contributed by atoms with Crippen LogP contribution in [0.3, 0.4) is 0 Å². The van der Waals surface area contributed by atoms with E-state index < -0.39 is 6.09 Å².